The topological polar surface area (TPSA) is 64.8 Å². The van der Waals surface area contributed by atoms with Crippen LogP contribution in [0.3, 0.4) is 0 Å². The van der Waals surface area contributed by atoms with Gasteiger partial charge in [-0.25, -0.2) is 13.4 Å². The van der Waals surface area contributed by atoms with E-state index in [1.165, 1.54) is 17.3 Å². The molecule has 0 saturated heterocycles. The minimum Gasteiger partial charge on any atom is -0.328 e. The molecule has 0 aliphatic carbocycles. The lowest BCUT2D eigenvalue weighted by atomic mass is 10.2. The van der Waals surface area contributed by atoms with Crippen molar-refractivity contribution in [2.75, 3.05) is 12.0 Å². The second kappa shape index (κ2) is 7.43. The minimum atomic E-state index is -2.85. The maximum atomic E-state index is 11.2. The molecule has 0 aliphatic heterocycles. The minimum absolute atomic E-state index is 0.279. The Labute approximate surface area is 139 Å². The number of rotatable bonds is 8. The highest BCUT2D eigenvalue weighted by Gasteiger charge is 2.14. The molecule has 2 aromatic rings. The van der Waals surface area contributed by atoms with Gasteiger partial charge in [0.1, 0.15) is 21.2 Å². The molecule has 6 heteroatoms. The molecule has 5 nitrogen and oxygen atoms in total. The summed E-state index contributed by atoms with van der Waals surface area (Å²) in [7, 11) is -2.85. The van der Waals surface area contributed by atoms with Crippen LogP contribution in [-0.4, -0.2) is 35.0 Å². The molecule has 23 heavy (non-hydrogen) atoms. The Balaban J connectivity index is 2.17. The van der Waals surface area contributed by atoms with Crippen LogP contribution in [-0.2, 0) is 22.8 Å². The van der Waals surface area contributed by atoms with Crippen molar-refractivity contribution in [3.05, 3.63) is 23.3 Å². The molecule has 0 aromatic carbocycles. The van der Waals surface area contributed by atoms with Gasteiger partial charge in [-0.15, -0.1) is 0 Å². The van der Waals surface area contributed by atoms with E-state index in [0.29, 0.717) is 0 Å². The molecule has 128 valence electrons. The van der Waals surface area contributed by atoms with Gasteiger partial charge in [0.15, 0.2) is 0 Å². The summed E-state index contributed by atoms with van der Waals surface area (Å²) >= 11 is 0. The van der Waals surface area contributed by atoms with Gasteiger partial charge in [0.05, 0.1) is 11.7 Å². The van der Waals surface area contributed by atoms with Gasteiger partial charge in [0, 0.05) is 30.7 Å². The molecule has 0 saturated carbocycles. The number of sulfone groups is 1. The van der Waals surface area contributed by atoms with E-state index in [0.717, 1.165) is 55.7 Å². The highest BCUT2D eigenvalue weighted by atomic mass is 32.2. The highest BCUT2D eigenvalue weighted by Crippen LogP contribution is 2.23. The van der Waals surface area contributed by atoms with Gasteiger partial charge in [0.2, 0.25) is 0 Å². The Hall–Kier alpha value is -1.43. The first-order chi connectivity index (χ1) is 10.8. The van der Waals surface area contributed by atoms with Gasteiger partial charge in [0.25, 0.3) is 0 Å². The number of imidazole rings is 1. The van der Waals surface area contributed by atoms with E-state index in [4.69, 9.17) is 4.98 Å². The van der Waals surface area contributed by atoms with Crippen molar-refractivity contribution in [2.45, 2.75) is 59.4 Å². The summed E-state index contributed by atoms with van der Waals surface area (Å²) in [6.45, 7) is 7.17. The first-order valence-electron chi connectivity index (χ1n) is 8.32. The first kappa shape index (κ1) is 17.9. The summed E-state index contributed by atoms with van der Waals surface area (Å²) in [5.74, 6) is 1.39. The lowest BCUT2D eigenvalue weighted by Crippen LogP contribution is -2.07. The number of fused-ring (bicyclic) bond motifs is 1. The van der Waals surface area contributed by atoms with Crippen LogP contribution >= 0.6 is 0 Å². The molecule has 0 fully saturated rings. The maximum Gasteiger partial charge on any atom is 0.147 e. The van der Waals surface area contributed by atoms with E-state index in [2.05, 4.69) is 23.4 Å². The van der Waals surface area contributed by atoms with Gasteiger partial charge in [-0.2, -0.15) is 0 Å². The molecule has 0 atom stereocenters. The summed E-state index contributed by atoms with van der Waals surface area (Å²) in [6, 6.07) is 0. The molecule has 0 radical (unpaired) electrons. The molecule has 0 spiro atoms. The fourth-order valence-corrected chi connectivity index (χ4v) is 3.63. The molecule has 0 aliphatic rings. The van der Waals surface area contributed by atoms with Gasteiger partial charge in [-0.05, 0) is 38.7 Å². The number of unbranched alkanes of at least 4 members (excludes halogenated alkanes) is 2. The lowest BCUT2D eigenvalue weighted by Gasteiger charge is -2.11. The normalized spacial score (nSPS) is 12.2. The van der Waals surface area contributed by atoms with Crippen molar-refractivity contribution < 1.29 is 8.42 Å². The van der Waals surface area contributed by atoms with Gasteiger partial charge in [-0.1, -0.05) is 13.3 Å². The zero-order valence-corrected chi connectivity index (χ0v) is 15.4. The fourth-order valence-electron chi connectivity index (χ4n) is 2.90. The van der Waals surface area contributed by atoms with Crippen LogP contribution < -0.4 is 0 Å². The Morgan fingerprint density at radius 3 is 2.57 bits per heavy atom. The van der Waals surface area contributed by atoms with E-state index in [9.17, 15) is 8.42 Å². The van der Waals surface area contributed by atoms with Crippen LogP contribution in [0.2, 0.25) is 0 Å². The lowest BCUT2D eigenvalue weighted by molar-refractivity contribution is 0.574. The molecule has 2 aromatic heterocycles. The highest BCUT2D eigenvalue weighted by molar-refractivity contribution is 7.90. The van der Waals surface area contributed by atoms with Crippen LogP contribution in [0.1, 0.15) is 49.7 Å². The summed E-state index contributed by atoms with van der Waals surface area (Å²) < 4.78 is 24.7. The predicted molar refractivity (Wildman–Crippen MR) is 94.6 cm³/mol. The van der Waals surface area contributed by atoms with Crippen LogP contribution in [0.4, 0.5) is 0 Å². The first-order valence-corrected chi connectivity index (χ1v) is 10.4. The van der Waals surface area contributed by atoms with Crippen molar-refractivity contribution in [3.63, 3.8) is 0 Å². The third-order valence-electron chi connectivity index (χ3n) is 4.22. The molecule has 2 rings (SSSR count). The number of pyridine rings is 1. The number of nitrogens with zero attached hydrogens (tertiary/aromatic N) is 3. The van der Waals surface area contributed by atoms with Crippen LogP contribution in [0.5, 0.6) is 0 Å². The van der Waals surface area contributed by atoms with Crippen molar-refractivity contribution >= 4 is 20.9 Å². The summed E-state index contributed by atoms with van der Waals surface area (Å²) in [5, 5.41) is 0. The monoisotopic (exact) mass is 337 g/mol. The van der Waals surface area contributed by atoms with E-state index in [-0.39, 0.29) is 5.75 Å². The number of aryl methyl sites for hydroxylation is 4. The average Bonchev–Trinajstić information content (AvgIpc) is 2.80. The summed E-state index contributed by atoms with van der Waals surface area (Å²) in [4.78, 5) is 9.16. The predicted octanol–water partition coefficient (Wildman–Crippen LogP) is 3.22. The summed E-state index contributed by atoms with van der Waals surface area (Å²) in [6.07, 6.45) is 7.79. The van der Waals surface area contributed by atoms with Crippen LogP contribution in [0.25, 0.3) is 11.0 Å². The van der Waals surface area contributed by atoms with Crippen molar-refractivity contribution in [2.24, 2.45) is 0 Å². The Morgan fingerprint density at radius 2 is 1.91 bits per heavy atom. The average molecular weight is 337 g/mol. The Kier molecular flexibility index (Phi) is 5.79. The third-order valence-corrected chi connectivity index (χ3v) is 5.25. The fraction of sp³-hybridized carbons (Fsp3) is 0.647. The molecular formula is C17H27N3O2S. The van der Waals surface area contributed by atoms with Gasteiger partial charge >= 0.3 is 0 Å². The van der Waals surface area contributed by atoms with Crippen molar-refractivity contribution in [3.8, 4) is 0 Å². The molecular weight excluding hydrogens is 310 g/mol. The zero-order valence-electron chi connectivity index (χ0n) is 14.6. The molecule has 0 N–H and O–H groups in total. The largest absolute Gasteiger partial charge is 0.328 e. The van der Waals surface area contributed by atoms with E-state index in [1.807, 2.05) is 13.1 Å². The summed E-state index contributed by atoms with van der Waals surface area (Å²) in [5.41, 5.74) is 4.38. The van der Waals surface area contributed by atoms with E-state index >= 15 is 0 Å². The standard InChI is InChI=1S/C17H27N3O2S/c1-5-9-16-19-15-12-18-14(3)13(2)17(15)20(16)10-7-6-8-11-23(4,21)22/h12H,5-11H2,1-4H3. The van der Waals surface area contributed by atoms with Crippen molar-refractivity contribution in [1.82, 2.24) is 14.5 Å². The van der Waals surface area contributed by atoms with E-state index < -0.39 is 9.84 Å². The Morgan fingerprint density at radius 1 is 1.17 bits per heavy atom. The second-order valence-corrected chi connectivity index (χ2v) is 8.58. The van der Waals surface area contributed by atoms with Gasteiger partial charge < -0.3 is 4.57 Å². The molecule has 2 heterocycles. The van der Waals surface area contributed by atoms with Gasteiger partial charge in [-0.3, -0.25) is 4.98 Å². The SMILES string of the molecule is CCCc1nc2cnc(C)c(C)c2n1CCCCCS(C)(=O)=O. The smallest absolute Gasteiger partial charge is 0.147 e. The maximum absolute atomic E-state index is 11.2. The molecule has 0 amide bonds. The van der Waals surface area contributed by atoms with E-state index in [1.54, 1.807) is 0 Å². The number of hydrogen-bond donors (Lipinski definition) is 0. The van der Waals surface area contributed by atoms with Crippen LogP contribution in [0, 0.1) is 13.8 Å². The third kappa shape index (κ3) is 4.53. The number of aromatic nitrogens is 3. The Bertz CT molecular complexity index is 779. The number of hydrogen-bond acceptors (Lipinski definition) is 4. The van der Waals surface area contributed by atoms with Crippen molar-refractivity contribution in [1.29, 1.82) is 0 Å². The second-order valence-electron chi connectivity index (χ2n) is 6.32. The quantitative estimate of drug-likeness (QED) is 0.694. The zero-order chi connectivity index (χ0) is 17.0. The molecule has 0 bridgehead atoms. The van der Waals surface area contributed by atoms with Crippen LogP contribution in [0.15, 0.2) is 6.20 Å². The molecule has 0 unspecified atom stereocenters.